The van der Waals surface area contributed by atoms with E-state index >= 15 is 0 Å². The summed E-state index contributed by atoms with van der Waals surface area (Å²) in [6.07, 6.45) is 3.11. The van der Waals surface area contributed by atoms with E-state index in [0.717, 1.165) is 4.31 Å². The molecule has 0 radical (unpaired) electrons. The van der Waals surface area contributed by atoms with Gasteiger partial charge in [0.05, 0.1) is 36.4 Å². The molecule has 0 amide bonds. The number of rotatable bonds is 9. The number of benzene rings is 2. The summed E-state index contributed by atoms with van der Waals surface area (Å²) in [5, 5.41) is 9.79. The number of ether oxygens (including phenoxy) is 2. The molecule has 0 aliphatic carbocycles. The third-order valence-electron chi connectivity index (χ3n) is 4.60. The van der Waals surface area contributed by atoms with Crippen LogP contribution in [0.15, 0.2) is 71.9 Å². The first-order chi connectivity index (χ1) is 14.9. The number of aromatic nitrogens is 1. The van der Waals surface area contributed by atoms with Crippen molar-refractivity contribution in [2.24, 2.45) is 0 Å². The number of carboxylic acid groups (broad SMARTS) is 1. The van der Waals surface area contributed by atoms with Crippen LogP contribution >= 0.6 is 0 Å². The number of sulfonamides is 1. The van der Waals surface area contributed by atoms with Gasteiger partial charge >= 0.3 is 5.97 Å². The van der Waals surface area contributed by atoms with Gasteiger partial charge in [-0.05, 0) is 42.0 Å². The zero-order chi connectivity index (χ0) is 22.4. The van der Waals surface area contributed by atoms with Crippen LogP contribution in [0.4, 0.5) is 5.69 Å². The number of nitrogens with zero attached hydrogens (tertiary/aromatic N) is 2. The summed E-state index contributed by atoms with van der Waals surface area (Å²) in [6, 6.07) is 13.9. The Bertz CT molecular complexity index is 1150. The van der Waals surface area contributed by atoms with Gasteiger partial charge in [0.2, 0.25) is 0 Å². The summed E-state index contributed by atoms with van der Waals surface area (Å²) in [5.41, 5.74) is 0.943. The van der Waals surface area contributed by atoms with Crippen molar-refractivity contribution in [3.63, 3.8) is 0 Å². The minimum Gasteiger partial charge on any atom is -0.497 e. The number of pyridine rings is 1. The van der Waals surface area contributed by atoms with Gasteiger partial charge in [0, 0.05) is 25.1 Å². The number of anilines is 1. The van der Waals surface area contributed by atoms with Crippen molar-refractivity contribution in [3.05, 3.63) is 83.7 Å². The lowest BCUT2D eigenvalue weighted by Crippen LogP contribution is -2.33. The highest BCUT2D eigenvalue weighted by Gasteiger charge is 2.31. The molecule has 0 bridgehead atoms. The zero-order valence-corrected chi connectivity index (χ0v) is 17.9. The van der Waals surface area contributed by atoms with Crippen LogP contribution in [0.5, 0.6) is 5.75 Å². The van der Waals surface area contributed by atoms with Crippen LogP contribution in [0.3, 0.4) is 0 Å². The number of carbonyl (C=O) groups is 1. The molecule has 0 spiro atoms. The second kappa shape index (κ2) is 9.59. The highest BCUT2D eigenvalue weighted by molar-refractivity contribution is 7.92. The van der Waals surface area contributed by atoms with E-state index in [1.807, 2.05) is 0 Å². The molecular formula is C22H22N2O6S. The van der Waals surface area contributed by atoms with Gasteiger partial charge in [-0.15, -0.1) is 0 Å². The average molecular weight is 442 g/mol. The van der Waals surface area contributed by atoms with E-state index in [-0.39, 0.29) is 29.3 Å². The fourth-order valence-corrected chi connectivity index (χ4v) is 4.66. The minimum absolute atomic E-state index is 0.000693. The Hall–Kier alpha value is -3.43. The average Bonchev–Trinajstić information content (AvgIpc) is 2.78. The van der Waals surface area contributed by atoms with Gasteiger partial charge in [-0.3, -0.25) is 9.29 Å². The maximum absolute atomic E-state index is 13.7. The van der Waals surface area contributed by atoms with Crippen molar-refractivity contribution in [2.75, 3.05) is 18.5 Å². The molecule has 2 aromatic carbocycles. The van der Waals surface area contributed by atoms with Crippen LogP contribution in [0.2, 0.25) is 0 Å². The lowest BCUT2D eigenvalue weighted by Gasteiger charge is -2.28. The lowest BCUT2D eigenvalue weighted by atomic mass is 10.1. The molecule has 0 unspecified atom stereocenters. The van der Waals surface area contributed by atoms with E-state index in [0.29, 0.717) is 16.9 Å². The summed E-state index contributed by atoms with van der Waals surface area (Å²) in [6.45, 7) is -0.0681. The Kier molecular flexibility index (Phi) is 6.88. The molecule has 0 atom stereocenters. The molecule has 1 heterocycles. The van der Waals surface area contributed by atoms with Gasteiger partial charge < -0.3 is 14.6 Å². The summed E-state index contributed by atoms with van der Waals surface area (Å²) in [7, 11) is -1.20. The van der Waals surface area contributed by atoms with E-state index < -0.39 is 16.0 Å². The Labute approximate surface area is 180 Å². The smallest absolute Gasteiger partial charge is 0.337 e. The normalized spacial score (nSPS) is 11.2. The van der Waals surface area contributed by atoms with Crippen molar-refractivity contribution < 1.29 is 27.8 Å². The minimum atomic E-state index is -4.14. The molecule has 3 rings (SSSR count). The van der Waals surface area contributed by atoms with Crippen molar-refractivity contribution in [2.45, 2.75) is 18.0 Å². The van der Waals surface area contributed by atoms with E-state index in [2.05, 4.69) is 4.98 Å². The van der Waals surface area contributed by atoms with Crippen molar-refractivity contribution in [1.29, 1.82) is 0 Å². The Morgan fingerprint density at radius 3 is 2.39 bits per heavy atom. The monoisotopic (exact) mass is 442 g/mol. The SMILES string of the molecule is COCc1cccc(C(=O)O)c1N(Cc1cccnc1)S(=O)(=O)c1ccc(OC)cc1. The van der Waals surface area contributed by atoms with E-state index in [9.17, 15) is 18.3 Å². The first-order valence-corrected chi connectivity index (χ1v) is 10.7. The van der Waals surface area contributed by atoms with Gasteiger partial charge in [0.1, 0.15) is 5.75 Å². The molecule has 1 aromatic heterocycles. The topological polar surface area (TPSA) is 106 Å². The molecule has 0 aliphatic rings. The largest absolute Gasteiger partial charge is 0.497 e. The summed E-state index contributed by atoms with van der Waals surface area (Å²) >= 11 is 0. The molecule has 8 nitrogen and oxygen atoms in total. The first-order valence-electron chi connectivity index (χ1n) is 9.28. The van der Waals surface area contributed by atoms with Gasteiger partial charge in [-0.25, -0.2) is 13.2 Å². The Balaban J connectivity index is 2.23. The van der Waals surface area contributed by atoms with Gasteiger partial charge in [0.15, 0.2) is 0 Å². The third-order valence-corrected chi connectivity index (χ3v) is 6.36. The van der Waals surface area contributed by atoms with Gasteiger partial charge in [-0.1, -0.05) is 18.2 Å². The number of hydrogen-bond donors (Lipinski definition) is 1. The summed E-state index contributed by atoms with van der Waals surface area (Å²) < 4.78 is 38.8. The van der Waals surface area contributed by atoms with Crippen LogP contribution in [0.25, 0.3) is 0 Å². The summed E-state index contributed by atoms with van der Waals surface area (Å²) in [5.74, 6) is -0.738. The molecule has 0 aliphatic heterocycles. The number of aromatic carboxylic acids is 1. The van der Waals surface area contributed by atoms with Gasteiger partial charge in [0.25, 0.3) is 10.0 Å². The quantitative estimate of drug-likeness (QED) is 0.542. The second-order valence-electron chi connectivity index (χ2n) is 6.60. The highest BCUT2D eigenvalue weighted by Crippen LogP contribution is 2.33. The molecule has 0 fully saturated rings. The fourth-order valence-electron chi connectivity index (χ4n) is 3.15. The first kappa shape index (κ1) is 22.3. The Morgan fingerprint density at radius 2 is 1.81 bits per heavy atom. The fraction of sp³-hybridized carbons (Fsp3) is 0.182. The van der Waals surface area contributed by atoms with Crippen LogP contribution in [-0.4, -0.2) is 38.7 Å². The third kappa shape index (κ3) is 4.84. The molecule has 9 heteroatoms. The molecule has 31 heavy (non-hydrogen) atoms. The molecule has 1 N–H and O–H groups in total. The van der Waals surface area contributed by atoms with E-state index in [4.69, 9.17) is 9.47 Å². The van der Waals surface area contributed by atoms with Crippen molar-refractivity contribution in [1.82, 2.24) is 4.98 Å². The van der Waals surface area contributed by atoms with Crippen LogP contribution < -0.4 is 9.04 Å². The second-order valence-corrected chi connectivity index (χ2v) is 8.46. The van der Waals surface area contributed by atoms with E-state index in [1.54, 1.807) is 30.5 Å². The van der Waals surface area contributed by atoms with Crippen LogP contribution in [0, 0.1) is 0 Å². The number of carboxylic acids is 1. The summed E-state index contributed by atoms with van der Waals surface area (Å²) in [4.78, 5) is 16.0. The highest BCUT2D eigenvalue weighted by atomic mass is 32.2. The van der Waals surface area contributed by atoms with Gasteiger partial charge in [-0.2, -0.15) is 0 Å². The van der Waals surface area contributed by atoms with Crippen molar-refractivity contribution in [3.8, 4) is 5.75 Å². The molecule has 0 saturated heterocycles. The standard InChI is InChI=1S/C22H22N2O6S/c1-29-15-17-6-3-7-20(22(25)26)21(17)24(14-16-5-4-12-23-13-16)31(27,28)19-10-8-18(30-2)9-11-19/h3-13H,14-15H2,1-2H3,(H,25,26). The van der Waals surface area contributed by atoms with Crippen LogP contribution in [0.1, 0.15) is 21.5 Å². The molecule has 162 valence electrons. The number of hydrogen-bond acceptors (Lipinski definition) is 6. The maximum Gasteiger partial charge on any atom is 0.337 e. The van der Waals surface area contributed by atoms with E-state index in [1.165, 1.54) is 50.7 Å². The predicted molar refractivity (Wildman–Crippen MR) is 115 cm³/mol. The number of para-hydroxylation sites is 1. The molecule has 0 saturated carbocycles. The Morgan fingerprint density at radius 1 is 1.06 bits per heavy atom. The maximum atomic E-state index is 13.7. The van der Waals surface area contributed by atoms with Crippen molar-refractivity contribution >= 4 is 21.7 Å². The predicted octanol–water partition coefficient (Wildman–Crippen LogP) is 3.33. The lowest BCUT2D eigenvalue weighted by molar-refractivity contribution is 0.0697. The van der Waals surface area contributed by atoms with Crippen LogP contribution in [-0.2, 0) is 27.9 Å². The number of methoxy groups -OCH3 is 2. The molecular weight excluding hydrogens is 420 g/mol. The molecule has 3 aromatic rings. The zero-order valence-electron chi connectivity index (χ0n) is 17.1.